The number of hydrogen-bond acceptors (Lipinski definition) is 5. The number of nitrogens with two attached hydrogens (primary N) is 1. The van der Waals surface area contributed by atoms with E-state index in [2.05, 4.69) is 15.4 Å². The molecule has 3 aliphatic rings. The lowest BCUT2D eigenvalue weighted by Crippen LogP contribution is -2.28. The number of likely N-dealkylation sites (tertiary alicyclic amines) is 1. The van der Waals surface area contributed by atoms with Crippen molar-refractivity contribution < 1.29 is 22.8 Å². The molecule has 3 atom stereocenters. The van der Waals surface area contributed by atoms with Crippen molar-refractivity contribution in [2.45, 2.75) is 44.6 Å². The average molecular weight is 511 g/mol. The second kappa shape index (κ2) is 8.60. The highest BCUT2D eigenvalue weighted by Crippen LogP contribution is 2.46. The van der Waals surface area contributed by atoms with Crippen molar-refractivity contribution in [1.82, 2.24) is 25.0 Å². The fourth-order valence-electron chi connectivity index (χ4n) is 5.49. The van der Waals surface area contributed by atoms with Gasteiger partial charge < -0.3 is 16.0 Å². The van der Waals surface area contributed by atoms with Crippen molar-refractivity contribution in [2.24, 2.45) is 11.8 Å². The van der Waals surface area contributed by atoms with E-state index in [0.717, 1.165) is 46.1 Å². The molecular weight excluding hydrogens is 485 g/mol. The second-order valence-electron chi connectivity index (χ2n) is 10.1. The van der Waals surface area contributed by atoms with Crippen LogP contribution in [0.1, 0.15) is 57.2 Å². The normalized spacial score (nSPS) is 22.2. The van der Waals surface area contributed by atoms with Gasteiger partial charge in [-0.3, -0.25) is 14.3 Å². The summed E-state index contributed by atoms with van der Waals surface area (Å²) in [5.74, 6) is 0.437. The van der Waals surface area contributed by atoms with E-state index in [4.69, 9.17) is 5.73 Å². The maximum absolute atomic E-state index is 13.8. The van der Waals surface area contributed by atoms with Crippen LogP contribution in [0.2, 0.25) is 0 Å². The van der Waals surface area contributed by atoms with E-state index in [0.29, 0.717) is 31.1 Å². The van der Waals surface area contributed by atoms with Crippen LogP contribution in [0, 0.1) is 11.8 Å². The van der Waals surface area contributed by atoms with E-state index in [1.165, 1.54) is 6.20 Å². The zero-order valence-electron chi connectivity index (χ0n) is 19.8. The fourth-order valence-corrected chi connectivity index (χ4v) is 5.49. The molecule has 0 bridgehead atoms. The number of carbonyl (C=O) groups excluding carboxylic acids is 2. The van der Waals surface area contributed by atoms with Crippen molar-refractivity contribution >= 4 is 17.6 Å². The van der Waals surface area contributed by atoms with Crippen LogP contribution in [0.3, 0.4) is 0 Å². The number of rotatable bonds is 6. The van der Waals surface area contributed by atoms with E-state index in [9.17, 15) is 22.8 Å². The van der Waals surface area contributed by atoms with Crippen LogP contribution in [0.15, 0.2) is 42.7 Å². The van der Waals surface area contributed by atoms with Crippen LogP contribution in [0.25, 0.3) is 0 Å². The van der Waals surface area contributed by atoms with Crippen molar-refractivity contribution in [2.75, 3.05) is 12.3 Å². The van der Waals surface area contributed by atoms with Crippen LogP contribution in [-0.2, 0) is 30.5 Å². The summed E-state index contributed by atoms with van der Waals surface area (Å²) < 4.78 is 42.4. The third-order valence-corrected chi connectivity index (χ3v) is 7.51. The van der Waals surface area contributed by atoms with Gasteiger partial charge in [-0.1, -0.05) is 24.3 Å². The molecule has 2 fully saturated rings. The molecule has 3 aromatic rings. The number of carbonyl (C=O) groups is 2. The molecule has 6 rings (SSSR count). The highest BCUT2D eigenvalue weighted by molar-refractivity contribution is 5.95. The Labute approximate surface area is 210 Å². The molecule has 2 aliphatic carbocycles. The van der Waals surface area contributed by atoms with Crippen LogP contribution in [-0.4, -0.2) is 38.0 Å². The largest absolute Gasteiger partial charge is 0.435 e. The van der Waals surface area contributed by atoms with Gasteiger partial charge in [0.25, 0.3) is 5.91 Å². The number of halogens is 3. The topological polar surface area (TPSA) is 106 Å². The summed E-state index contributed by atoms with van der Waals surface area (Å²) in [5, 5.41) is 6.42. The number of nitrogens with one attached hydrogen (secondary N) is 1. The maximum atomic E-state index is 13.8. The van der Waals surface area contributed by atoms with Gasteiger partial charge >= 0.3 is 6.18 Å². The predicted molar refractivity (Wildman–Crippen MR) is 127 cm³/mol. The lowest BCUT2D eigenvalue weighted by Gasteiger charge is -2.18. The molecule has 1 saturated heterocycles. The summed E-state index contributed by atoms with van der Waals surface area (Å²) in [6.07, 6.45) is -0.00505. The van der Waals surface area contributed by atoms with Gasteiger partial charge in [-0.05, 0) is 53.5 Å². The first-order valence-electron chi connectivity index (χ1n) is 12.2. The first-order valence-corrected chi connectivity index (χ1v) is 12.2. The summed E-state index contributed by atoms with van der Waals surface area (Å²) >= 11 is 0. The molecule has 3 N–H and O–H groups in total. The first kappa shape index (κ1) is 23.5. The summed E-state index contributed by atoms with van der Waals surface area (Å²) in [6, 6.07) is 8.62. The molecule has 1 saturated carbocycles. The van der Waals surface area contributed by atoms with Gasteiger partial charge in [0.15, 0.2) is 5.69 Å². The molecule has 37 heavy (non-hydrogen) atoms. The Hall–Kier alpha value is -3.89. The van der Waals surface area contributed by atoms with Gasteiger partial charge in [0, 0.05) is 31.4 Å². The van der Waals surface area contributed by atoms with Crippen molar-refractivity contribution in [3.05, 3.63) is 76.2 Å². The lowest BCUT2D eigenvalue weighted by molar-refractivity contribution is -0.141. The molecule has 192 valence electrons. The molecule has 0 radical (unpaired) electrons. The molecule has 2 aromatic heterocycles. The second-order valence-corrected chi connectivity index (χ2v) is 10.1. The number of nitrogen functional groups attached to an aromatic ring is 1. The summed E-state index contributed by atoms with van der Waals surface area (Å²) in [5.41, 5.74) is 7.43. The minimum absolute atomic E-state index is 0.0674. The van der Waals surface area contributed by atoms with Gasteiger partial charge in [-0.2, -0.15) is 18.3 Å². The summed E-state index contributed by atoms with van der Waals surface area (Å²) in [7, 11) is 0. The predicted octanol–water partition coefficient (Wildman–Crippen LogP) is 3.32. The van der Waals surface area contributed by atoms with Gasteiger partial charge in [0.1, 0.15) is 5.82 Å². The molecule has 0 spiro atoms. The quantitative estimate of drug-likeness (QED) is 0.529. The van der Waals surface area contributed by atoms with E-state index in [1.54, 1.807) is 18.2 Å². The Morgan fingerprint density at radius 2 is 1.86 bits per heavy atom. The molecule has 1 aromatic carbocycles. The monoisotopic (exact) mass is 510 g/mol. The minimum atomic E-state index is -4.79. The Morgan fingerprint density at radius 3 is 2.54 bits per heavy atom. The van der Waals surface area contributed by atoms with E-state index in [1.807, 2.05) is 17.0 Å². The van der Waals surface area contributed by atoms with Crippen molar-refractivity contribution in [3.8, 4) is 0 Å². The van der Waals surface area contributed by atoms with Gasteiger partial charge in [-0.25, -0.2) is 4.98 Å². The number of piperidine rings is 1. The van der Waals surface area contributed by atoms with Crippen molar-refractivity contribution in [3.63, 3.8) is 0 Å². The average Bonchev–Trinajstić information content (AvgIpc) is 3.15. The third-order valence-electron chi connectivity index (χ3n) is 7.51. The van der Waals surface area contributed by atoms with Crippen molar-refractivity contribution in [1.29, 1.82) is 0 Å². The van der Waals surface area contributed by atoms with Gasteiger partial charge in [0.2, 0.25) is 5.91 Å². The zero-order chi connectivity index (χ0) is 25.9. The summed E-state index contributed by atoms with van der Waals surface area (Å²) in [6.45, 7) is 1.39. The highest BCUT2D eigenvalue weighted by atomic mass is 19.4. The van der Waals surface area contributed by atoms with Crippen LogP contribution >= 0.6 is 0 Å². The molecule has 8 nitrogen and oxygen atoms in total. The molecule has 1 unspecified atom stereocenters. The number of benzene rings is 1. The fraction of sp³-hybridized carbons (Fsp3) is 0.385. The maximum Gasteiger partial charge on any atom is 0.435 e. The minimum Gasteiger partial charge on any atom is -0.383 e. The third kappa shape index (κ3) is 4.42. The summed E-state index contributed by atoms with van der Waals surface area (Å²) in [4.78, 5) is 31.0. The Kier molecular flexibility index (Phi) is 5.46. The Balaban J connectivity index is 1.17. The standard InChI is InChI=1S/C26H25F3N6O2/c27-26(28,29)22-20(24(36)32-21-6-5-18-17(21)7-8-31-23(18)30)13-35(33-22)11-15-3-1-14(2-4-15)10-34-12-16-9-19(16)25(34)37/h1-4,7-8,13,16,19,21H,5-6,9-12H2,(H2,30,31)(H,32,36)/t16-,19+,21?/m1/s1. The first-order chi connectivity index (χ1) is 17.7. The zero-order valence-corrected chi connectivity index (χ0v) is 19.8. The Bertz CT molecular complexity index is 1380. The number of pyridine rings is 1. The molecule has 2 amide bonds. The number of aromatic nitrogens is 3. The van der Waals surface area contributed by atoms with Crippen LogP contribution in [0.5, 0.6) is 0 Å². The van der Waals surface area contributed by atoms with Crippen LogP contribution < -0.4 is 11.1 Å². The van der Waals surface area contributed by atoms with E-state index in [-0.39, 0.29) is 18.4 Å². The highest BCUT2D eigenvalue weighted by Gasteiger charge is 2.51. The number of nitrogens with zero attached hydrogens (tertiary/aromatic N) is 4. The number of alkyl halides is 3. The SMILES string of the molecule is Nc1nccc2c1CCC2NC(=O)c1cn(Cc2ccc(CN3C[C@H]4C[C@@H]4C3=O)cc2)nc1C(F)(F)F. The van der Waals surface area contributed by atoms with Gasteiger partial charge in [-0.15, -0.1) is 0 Å². The molecule has 1 aliphatic heterocycles. The molecule has 11 heteroatoms. The number of hydrogen-bond donors (Lipinski definition) is 2. The number of amides is 2. The smallest absolute Gasteiger partial charge is 0.383 e. The van der Waals surface area contributed by atoms with Crippen LogP contribution in [0.4, 0.5) is 19.0 Å². The van der Waals surface area contributed by atoms with Gasteiger partial charge in [0.05, 0.1) is 18.2 Å². The molecular formula is C26H25F3N6O2. The number of fused-ring (bicyclic) bond motifs is 2. The Morgan fingerprint density at radius 1 is 1.14 bits per heavy atom. The van der Waals surface area contributed by atoms with E-state index < -0.39 is 29.4 Å². The van der Waals surface area contributed by atoms with E-state index >= 15 is 0 Å². The number of anilines is 1. The lowest BCUT2D eigenvalue weighted by atomic mass is 10.1. The molecule has 3 heterocycles.